The highest BCUT2D eigenvalue weighted by atomic mass is 16.6. The van der Waals surface area contributed by atoms with Crippen molar-refractivity contribution in [3.63, 3.8) is 0 Å². The monoisotopic (exact) mass is 466 g/mol. The predicted molar refractivity (Wildman–Crippen MR) is 137 cm³/mol. The summed E-state index contributed by atoms with van der Waals surface area (Å²) < 4.78 is 11.5. The van der Waals surface area contributed by atoms with Gasteiger partial charge in [0, 0.05) is 0 Å². The van der Waals surface area contributed by atoms with Crippen LogP contribution in [0.2, 0.25) is 0 Å². The zero-order valence-electron chi connectivity index (χ0n) is 22.9. The molecule has 6 unspecified atom stereocenters. The average Bonchev–Trinajstić information content (AvgIpc) is 2.73. The van der Waals surface area contributed by atoms with Gasteiger partial charge in [0.05, 0.1) is 24.0 Å². The van der Waals surface area contributed by atoms with Gasteiger partial charge >= 0.3 is 11.9 Å². The van der Waals surface area contributed by atoms with Crippen molar-refractivity contribution >= 4 is 11.9 Å². The van der Waals surface area contributed by atoms with Gasteiger partial charge < -0.3 is 9.47 Å². The van der Waals surface area contributed by atoms with Gasteiger partial charge in [0.2, 0.25) is 0 Å². The van der Waals surface area contributed by atoms with E-state index in [4.69, 9.17) is 9.47 Å². The standard InChI is InChI=1S/C29H54O4/c1-8-12-23(6)32-28(30)26-19-18-25(17-11-16-22(5)15-10-14-21(3)4)20-27(26)29(31)33-24(7)13-9-2/h21-27H,8-20H2,1-7H3. The highest BCUT2D eigenvalue weighted by Crippen LogP contribution is 2.39. The second kappa shape index (κ2) is 16.5. The summed E-state index contributed by atoms with van der Waals surface area (Å²) in [6.45, 7) is 15.1. The molecule has 0 bridgehead atoms. The summed E-state index contributed by atoms with van der Waals surface area (Å²) in [5.74, 6) is 0.978. The molecule has 1 aliphatic rings. The maximum Gasteiger partial charge on any atom is 0.310 e. The van der Waals surface area contributed by atoms with Crippen molar-refractivity contribution < 1.29 is 19.1 Å². The molecule has 0 spiro atoms. The second-order valence-corrected chi connectivity index (χ2v) is 11.3. The van der Waals surface area contributed by atoms with Gasteiger partial charge in [-0.25, -0.2) is 0 Å². The third kappa shape index (κ3) is 12.3. The van der Waals surface area contributed by atoms with Crippen LogP contribution in [0, 0.1) is 29.6 Å². The van der Waals surface area contributed by atoms with E-state index in [1.54, 1.807) is 0 Å². The molecule has 33 heavy (non-hydrogen) atoms. The molecule has 0 saturated heterocycles. The number of carbonyl (C=O) groups is 2. The number of hydrogen-bond donors (Lipinski definition) is 0. The van der Waals surface area contributed by atoms with Gasteiger partial charge in [0.25, 0.3) is 0 Å². The minimum absolute atomic E-state index is 0.0897. The average molecular weight is 467 g/mol. The predicted octanol–water partition coefficient (Wildman–Crippen LogP) is 8.12. The fraction of sp³-hybridized carbons (Fsp3) is 0.931. The quantitative estimate of drug-likeness (QED) is 0.216. The van der Waals surface area contributed by atoms with Gasteiger partial charge in [0.1, 0.15) is 0 Å². The van der Waals surface area contributed by atoms with Gasteiger partial charge in [-0.15, -0.1) is 0 Å². The van der Waals surface area contributed by atoms with Crippen LogP contribution in [0.15, 0.2) is 0 Å². The lowest BCUT2D eigenvalue weighted by Gasteiger charge is -2.34. The molecule has 0 aliphatic heterocycles. The van der Waals surface area contributed by atoms with E-state index in [1.807, 2.05) is 13.8 Å². The number of rotatable bonds is 16. The van der Waals surface area contributed by atoms with Crippen molar-refractivity contribution in [2.24, 2.45) is 29.6 Å². The Labute approximate surface area is 205 Å². The van der Waals surface area contributed by atoms with E-state index in [0.29, 0.717) is 5.92 Å². The first kappa shape index (κ1) is 30.0. The van der Waals surface area contributed by atoms with Gasteiger partial charge in [-0.1, -0.05) is 86.0 Å². The fourth-order valence-corrected chi connectivity index (χ4v) is 5.34. The number of esters is 2. The molecule has 0 heterocycles. The number of ether oxygens (including phenoxy) is 2. The van der Waals surface area contributed by atoms with Crippen LogP contribution in [0.25, 0.3) is 0 Å². The molecule has 1 saturated carbocycles. The highest BCUT2D eigenvalue weighted by molar-refractivity contribution is 5.82. The van der Waals surface area contributed by atoms with Crippen LogP contribution >= 0.6 is 0 Å². The van der Waals surface area contributed by atoms with Crippen LogP contribution in [-0.4, -0.2) is 24.1 Å². The van der Waals surface area contributed by atoms with E-state index in [2.05, 4.69) is 34.6 Å². The van der Waals surface area contributed by atoms with Crippen LogP contribution in [0.1, 0.15) is 132 Å². The van der Waals surface area contributed by atoms with Crippen molar-refractivity contribution in [2.75, 3.05) is 0 Å². The van der Waals surface area contributed by atoms with E-state index in [9.17, 15) is 9.59 Å². The Bertz CT molecular complexity index is 544. The Morgan fingerprint density at radius 1 is 0.727 bits per heavy atom. The lowest BCUT2D eigenvalue weighted by atomic mass is 9.72. The van der Waals surface area contributed by atoms with Crippen LogP contribution in [0.4, 0.5) is 0 Å². The van der Waals surface area contributed by atoms with E-state index < -0.39 is 0 Å². The maximum absolute atomic E-state index is 13.1. The maximum atomic E-state index is 13.1. The van der Waals surface area contributed by atoms with E-state index >= 15 is 0 Å². The Balaban J connectivity index is 2.65. The molecule has 0 aromatic rings. The lowest BCUT2D eigenvalue weighted by molar-refractivity contribution is -0.169. The first-order chi connectivity index (χ1) is 15.7. The fourth-order valence-electron chi connectivity index (χ4n) is 5.34. The Hall–Kier alpha value is -1.06. The molecule has 0 amide bonds. The molecule has 0 aromatic carbocycles. The summed E-state index contributed by atoms with van der Waals surface area (Å²) in [6, 6.07) is 0. The topological polar surface area (TPSA) is 52.6 Å². The lowest BCUT2D eigenvalue weighted by Crippen LogP contribution is -2.39. The zero-order valence-corrected chi connectivity index (χ0v) is 22.9. The van der Waals surface area contributed by atoms with Crippen LogP contribution in [-0.2, 0) is 19.1 Å². The Morgan fingerprint density at radius 3 is 1.82 bits per heavy atom. The van der Waals surface area contributed by atoms with Crippen molar-refractivity contribution in [3.05, 3.63) is 0 Å². The van der Waals surface area contributed by atoms with Crippen LogP contribution in [0.3, 0.4) is 0 Å². The number of carbonyl (C=O) groups excluding carboxylic acids is 2. The zero-order chi connectivity index (χ0) is 24.8. The first-order valence-corrected chi connectivity index (χ1v) is 14.1. The molecule has 194 valence electrons. The molecule has 0 N–H and O–H groups in total. The van der Waals surface area contributed by atoms with E-state index in [0.717, 1.165) is 63.2 Å². The third-order valence-corrected chi connectivity index (χ3v) is 7.38. The molecule has 0 radical (unpaired) electrons. The van der Waals surface area contributed by atoms with Gasteiger partial charge in [-0.2, -0.15) is 0 Å². The minimum Gasteiger partial charge on any atom is -0.462 e. The molecular weight excluding hydrogens is 412 g/mol. The summed E-state index contributed by atoms with van der Waals surface area (Å²) in [5, 5.41) is 0. The SMILES string of the molecule is CCCC(C)OC(=O)C1CCC(CCCC(C)CCCC(C)C)CC1C(=O)OC(C)CCC. The second-order valence-electron chi connectivity index (χ2n) is 11.3. The van der Waals surface area contributed by atoms with E-state index in [-0.39, 0.29) is 36.0 Å². The van der Waals surface area contributed by atoms with Crippen molar-refractivity contribution in [3.8, 4) is 0 Å². The molecule has 4 nitrogen and oxygen atoms in total. The van der Waals surface area contributed by atoms with Crippen molar-refractivity contribution in [1.82, 2.24) is 0 Å². The molecule has 1 rings (SSSR count). The third-order valence-electron chi connectivity index (χ3n) is 7.38. The van der Waals surface area contributed by atoms with Gasteiger partial charge in [-0.3, -0.25) is 9.59 Å². The number of hydrogen-bond acceptors (Lipinski definition) is 4. The van der Waals surface area contributed by atoms with E-state index in [1.165, 1.54) is 32.1 Å². The van der Waals surface area contributed by atoms with Crippen molar-refractivity contribution in [1.29, 1.82) is 0 Å². The van der Waals surface area contributed by atoms with Crippen LogP contribution < -0.4 is 0 Å². The molecule has 1 aliphatic carbocycles. The summed E-state index contributed by atoms with van der Waals surface area (Å²) in [7, 11) is 0. The largest absolute Gasteiger partial charge is 0.462 e. The molecular formula is C29H54O4. The summed E-state index contributed by atoms with van der Waals surface area (Å²) in [6.07, 6.45) is 13.6. The highest BCUT2D eigenvalue weighted by Gasteiger charge is 2.41. The Kier molecular flexibility index (Phi) is 15.0. The van der Waals surface area contributed by atoms with Gasteiger partial charge in [0.15, 0.2) is 0 Å². The molecule has 0 aromatic heterocycles. The summed E-state index contributed by atoms with van der Waals surface area (Å²) in [4.78, 5) is 26.0. The molecule has 6 atom stereocenters. The molecule has 4 heteroatoms. The van der Waals surface area contributed by atoms with Crippen LogP contribution in [0.5, 0.6) is 0 Å². The van der Waals surface area contributed by atoms with Gasteiger partial charge in [-0.05, 0) is 63.7 Å². The van der Waals surface area contributed by atoms with Crippen molar-refractivity contribution in [2.45, 2.75) is 144 Å². The minimum atomic E-state index is -0.354. The smallest absolute Gasteiger partial charge is 0.310 e. The first-order valence-electron chi connectivity index (χ1n) is 14.1. The normalized spacial score (nSPS) is 23.7. The summed E-state index contributed by atoms with van der Waals surface area (Å²) >= 11 is 0. The Morgan fingerprint density at radius 2 is 1.27 bits per heavy atom. The summed E-state index contributed by atoms with van der Waals surface area (Å²) in [5.41, 5.74) is 0. The molecule has 1 fully saturated rings.